The third-order valence-electron chi connectivity index (χ3n) is 4.29. The van der Waals surface area contributed by atoms with E-state index in [1.165, 1.54) is 0 Å². The zero-order chi connectivity index (χ0) is 16.2. The lowest BCUT2D eigenvalue weighted by molar-refractivity contribution is -0.146. The van der Waals surface area contributed by atoms with E-state index in [1.807, 2.05) is 54.6 Å². The molecule has 0 spiro atoms. The summed E-state index contributed by atoms with van der Waals surface area (Å²) in [5, 5.41) is 9.43. The first-order valence-corrected chi connectivity index (χ1v) is 7.75. The fourth-order valence-corrected chi connectivity index (χ4v) is 2.99. The molecule has 118 valence electrons. The van der Waals surface area contributed by atoms with Crippen LogP contribution < -0.4 is 0 Å². The SMILES string of the molecule is O=C(O)C(CC(=O)N1Cc2ccccc2C1)Cc1ccccc1. The van der Waals surface area contributed by atoms with Crippen LogP contribution in [0.5, 0.6) is 0 Å². The standard InChI is InChI=1S/C19H19NO3/c21-18(20-12-15-8-4-5-9-16(15)13-20)11-17(19(22)23)10-14-6-2-1-3-7-14/h1-9,17H,10-13H2,(H,22,23). The van der Waals surface area contributed by atoms with Gasteiger partial charge in [0.2, 0.25) is 5.91 Å². The Kier molecular flexibility index (Phi) is 4.42. The summed E-state index contributed by atoms with van der Waals surface area (Å²) in [4.78, 5) is 25.7. The third-order valence-corrected chi connectivity index (χ3v) is 4.29. The first kappa shape index (κ1) is 15.3. The summed E-state index contributed by atoms with van der Waals surface area (Å²) >= 11 is 0. The van der Waals surface area contributed by atoms with Gasteiger partial charge in [0, 0.05) is 19.5 Å². The van der Waals surface area contributed by atoms with Crippen LogP contribution in [0.25, 0.3) is 0 Å². The lowest BCUT2D eigenvalue weighted by Crippen LogP contribution is -2.30. The van der Waals surface area contributed by atoms with Crippen LogP contribution in [0.15, 0.2) is 54.6 Å². The minimum atomic E-state index is -0.918. The van der Waals surface area contributed by atoms with E-state index >= 15 is 0 Å². The number of benzene rings is 2. The molecule has 1 aliphatic rings. The van der Waals surface area contributed by atoms with Gasteiger partial charge in [-0.3, -0.25) is 9.59 Å². The van der Waals surface area contributed by atoms with E-state index in [1.54, 1.807) is 4.90 Å². The van der Waals surface area contributed by atoms with Gasteiger partial charge in [-0.15, -0.1) is 0 Å². The second-order valence-corrected chi connectivity index (χ2v) is 5.95. The molecule has 0 saturated carbocycles. The van der Waals surface area contributed by atoms with Crippen molar-refractivity contribution in [2.24, 2.45) is 5.92 Å². The Balaban J connectivity index is 1.65. The molecule has 1 aliphatic heterocycles. The van der Waals surface area contributed by atoms with Crippen LogP contribution in [-0.2, 0) is 29.1 Å². The summed E-state index contributed by atoms with van der Waals surface area (Å²) in [6, 6.07) is 17.4. The summed E-state index contributed by atoms with van der Waals surface area (Å²) in [6.07, 6.45) is 0.418. The summed E-state index contributed by atoms with van der Waals surface area (Å²) in [5.41, 5.74) is 3.24. The Morgan fingerprint density at radius 1 is 0.957 bits per heavy atom. The predicted molar refractivity (Wildman–Crippen MR) is 86.6 cm³/mol. The Morgan fingerprint density at radius 2 is 1.52 bits per heavy atom. The number of carbonyl (C=O) groups is 2. The number of rotatable bonds is 5. The van der Waals surface area contributed by atoms with E-state index in [2.05, 4.69) is 0 Å². The average molecular weight is 309 g/mol. The summed E-state index contributed by atoms with van der Waals surface area (Å²) in [7, 11) is 0. The molecule has 23 heavy (non-hydrogen) atoms. The molecule has 0 aliphatic carbocycles. The van der Waals surface area contributed by atoms with Gasteiger partial charge < -0.3 is 10.0 Å². The zero-order valence-electron chi connectivity index (χ0n) is 12.8. The van der Waals surface area contributed by atoms with Crippen molar-refractivity contribution in [2.45, 2.75) is 25.9 Å². The maximum absolute atomic E-state index is 12.5. The first-order valence-electron chi connectivity index (χ1n) is 7.75. The van der Waals surface area contributed by atoms with Gasteiger partial charge in [0.05, 0.1) is 5.92 Å². The van der Waals surface area contributed by atoms with Gasteiger partial charge in [-0.25, -0.2) is 0 Å². The maximum Gasteiger partial charge on any atom is 0.307 e. The predicted octanol–water partition coefficient (Wildman–Crippen LogP) is 2.86. The number of aliphatic carboxylic acids is 1. The van der Waals surface area contributed by atoms with Crippen LogP contribution in [0.4, 0.5) is 0 Å². The fraction of sp³-hybridized carbons (Fsp3) is 0.263. The molecule has 4 heteroatoms. The maximum atomic E-state index is 12.5. The Morgan fingerprint density at radius 3 is 2.09 bits per heavy atom. The number of hydrogen-bond acceptors (Lipinski definition) is 2. The molecule has 1 unspecified atom stereocenters. The van der Waals surface area contributed by atoms with Crippen molar-refractivity contribution < 1.29 is 14.7 Å². The van der Waals surface area contributed by atoms with Crippen LogP contribution in [0.1, 0.15) is 23.1 Å². The molecule has 2 aromatic carbocycles. The van der Waals surface area contributed by atoms with Crippen LogP contribution in [0, 0.1) is 5.92 Å². The highest BCUT2D eigenvalue weighted by Gasteiger charge is 2.28. The second-order valence-electron chi connectivity index (χ2n) is 5.95. The largest absolute Gasteiger partial charge is 0.481 e. The number of carboxylic acids is 1. The lowest BCUT2D eigenvalue weighted by atomic mass is 9.96. The van der Waals surface area contributed by atoms with Gasteiger partial charge >= 0.3 is 5.97 Å². The number of amides is 1. The minimum absolute atomic E-state index is 0.0399. The molecule has 1 N–H and O–H groups in total. The van der Waals surface area contributed by atoms with Crippen molar-refractivity contribution in [1.29, 1.82) is 0 Å². The first-order chi connectivity index (χ1) is 11.1. The molecule has 1 amide bonds. The second kappa shape index (κ2) is 6.65. The van der Waals surface area contributed by atoms with E-state index in [4.69, 9.17) is 0 Å². The fourth-order valence-electron chi connectivity index (χ4n) is 2.99. The van der Waals surface area contributed by atoms with Crippen molar-refractivity contribution >= 4 is 11.9 Å². The van der Waals surface area contributed by atoms with Crippen LogP contribution >= 0.6 is 0 Å². The molecule has 0 aromatic heterocycles. The molecule has 2 aromatic rings. The van der Waals surface area contributed by atoms with Gasteiger partial charge in [0.1, 0.15) is 0 Å². The third kappa shape index (κ3) is 3.59. The summed E-state index contributed by atoms with van der Waals surface area (Å²) in [6.45, 7) is 1.15. The van der Waals surface area contributed by atoms with E-state index in [9.17, 15) is 14.7 Å². The summed E-state index contributed by atoms with van der Waals surface area (Å²) < 4.78 is 0. The van der Waals surface area contributed by atoms with Crippen LogP contribution in [0.2, 0.25) is 0 Å². The minimum Gasteiger partial charge on any atom is -0.481 e. The van der Waals surface area contributed by atoms with Crippen molar-refractivity contribution in [3.05, 3.63) is 71.3 Å². The number of carbonyl (C=O) groups excluding carboxylic acids is 1. The molecule has 4 nitrogen and oxygen atoms in total. The molecule has 1 heterocycles. The normalized spacial score (nSPS) is 14.3. The van der Waals surface area contributed by atoms with Gasteiger partial charge in [0.25, 0.3) is 0 Å². The molecule has 0 fully saturated rings. The molecule has 0 radical (unpaired) electrons. The highest BCUT2D eigenvalue weighted by atomic mass is 16.4. The van der Waals surface area contributed by atoms with E-state index in [-0.39, 0.29) is 12.3 Å². The van der Waals surface area contributed by atoms with Gasteiger partial charge in [0.15, 0.2) is 0 Å². The highest BCUT2D eigenvalue weighted by Crippen LogP contribution is 2.24. The molecular weight excluding hydrogens is 290 g/mol. The zero-order valence-corrected chi connectivity index (χ0v) is 12.8. The number of hydrogen-bond donors (Lipinski definition) is 1. The van der Waals surface area contributed by atoms with E-state index in [0.717, 1.165) is 16.7 Å². The number of carboxylic acid groups (broad SMARTS) is 1. The van der Waals surface area contributed by atoms with E-state index < -0.39 is 11.9 Å². The highest BCUT2D eigenvalue weighted by molar-refractivity contribution is 5.83. The van der Waals surface area contributed by atoms with Crippen LogP contribution in [0.3, 0.4) is 0 Å². The Labute approximate surface area is 135 Å². The molecule has 1 atom stereocenters. The molecule has 0 bridgehead atoms. The smallest absolute Gasteiger partial charge is 0.307 e. The van der Waals surface area contributed by atoms with Crippen LogP contribution in [-0.4, -0.2) is 21.9 Å². The van der Waals surface area contributed by atoms with Crippen molar-refractivity contribution in [3.63, 3.8) is 0 Å². The van der Waals surface area contributed by atoms with Crippen molar-refractivity contribution in [1.82, 2.24) is 4.90 Å². The molecule has 0 saturated heterocycles. The van der Waals surface area contributed by atoms with Crippen molar-refractivity contribution in [3.8, 4) is 0 Å². The van der Waals surface area contributed by atoms with Gasteiger partial charge in [-0.2, -0.15) is 0 Å². The van der Waals surface area contributed by atoms with Gasteiger partial charge in [-0.1, -0.05) is 54.6 Å². The average Bonchev–Trinajstić information content (AvgIpc) is 2.99. The van der Waals surface area contributed by atoms with Gasteiger partial charge in [-0.05, 0) is 23.1 Å². The lowest BCUT2D eigenvalue weighted by Gasteiger charge is -2.18. The summed E-state index contributed by atoms with van der Waals surface area (Å²) in [5.74, 6) is -1.70. The monoisotopic (exact) mass is 309 g/mol. The Bertz CT molecular complexity index is 687. The quantitative estimate of drug-likeness (QED) is 0.924. The number of fused-ring (bicyclic) bond motifs is 1. The topological polar surface area (TPSA) is 57.6 Å². The molecule has 3 rings (SSSR count). The van der Waals surface area contributed by atoms with Crippen molar-refractivity contribution in [2.75, 3.05) is 0 Å². The molecular formula is C19H19NO3. The Hall–Kier alpha value is -2.62. The van der Waals surface area contributed by atoms with E-state index in [0.29, 0.717) is 19.5 Å². The number of nitrogens with zero attached hydrogens (tertiary/aromatic N) is 1.